The molecule has 0 bridgehead atoms. The minimum Gasteiger partial charge on any atom is -0.489 e. The van der Waals surface area contributed by atoms with Crippen LogP contribution in [0.2, 0.25) is 0 Å². The van der Waals surface area contributed by atoms with Crippen LogP contribution in [-0.4, -0.2) is 36.3 Å². The zero-order valence-electron chi connectivity index (χ0n) is 16.4. The zero-order chi connectivity index (χ0) is 19.2. The van der Waals surface area contributed by atoms with Gasteiger partial charge in [-0.1, -0.05) is 32.6 Å². The van der Waals surface area contributed by atoms with Crippen molar-refractivity contribution in [1.82, 2.24) is 9.88 Å². The molecule has 0 saturated carbocycles. The van der Waals surface area contributed by atoms with Gasteiger partial charge in [0.05, 0.1) is 11.6 Å². The minimum absolute atomic E-state index is 0.0506. The van der Waals surface area contributed by atoms with Crippen molar-refractivity contribution in [2.24, 2.45) is 5.92 Å². The van der Waals surface area contributed by atoms with E-state index in [2.05, 4.69) is 30.3 Å². The highest BCUT2D eigenvalue weighted by molar-refractivity contribution is 6.00. The maximum Gasteiger partial charge on any atom is 0.267 e. The Morgan fingerprint density at radius 2 is 2.30 bits per heavy atom. The molecule has 1 fully saturated rings. The zero-order valence-corrected chi connectivity index (χ0v) is 16.4. The molecule has 27 heavy (non-hydrogen) atoms. The lowest BCUT2D eigenvalue weighted by Crippen LogP contribution is -2.31. The molecule has 2 heterocycles. The van der Waals surface area contributed by atoms with Crippen LogP contribution in [0.1, 0.15) is 43.6 Å². The number of ether oxygens (including phenoxy) is 2. The fraction of sp³-hybridized carbons (Fsp3) is 0.500. The molecule has 5 heteroatoms. The number of hydrogen-bond donors (Lipinski definition) is 1. The second-order valence-electron chi connectivity index (χ2n) is 7.52. The Balaban J connectivity index is 1.97. The number of benzene rings is 1. The fourth-order valence-corrected chi connectivity index (χ4v) is 3.46. The number of amides is 1. The van der Waals surface area contributed by atoms with Gasteiger partial charge in [-0.25, -0.2) is 0 Å². The van der Waals surface area contributed by atoms with Gasteiger partial charge in [-0.3, -0.25) is 4.79 Å². The van der Waals surface area contributed by atoms with E-state index in [9.17, 15) is 4.79 Å². The molecular weight excluding hydrogens is 340 g/mol. The van der Waals surface area contributed by atoms with E-state index in [0.717, 1.165) is 36.1 Å². The number of carbonyl (C=O) groups is 1. The number of fused-ring (bicyclic) bond motifs is 1. The summed E-state index contributed by atoms with van der Waals surface area (Å²) in [4.78, 5) is 12.9. The third-order valence-electron chi connectivity index (χ3n) is 4.83. The third-order valence-corrected chi connectivity index (χ3v) is 4.83. The molecule has 3 rings (SSSR count). The topological polar surface area (TPSA) is 52.5 Å². The van der Waals surface area contributed by atoms with E-state index >= 15 is 0 Å². The Labute approximate surface area is 161 Å². The highest BCUT2D eigenvalue weighted by Crippen LogP contribution is 2.30. The predicted octanol–water partition coefficient (Wildman–Crippen LogP) is 4.16. The van der Waals surface area contributed by atoms with Gasteiger partial charge >= 0.3 is 0 Å². The average Bonchev–Trinajstić information content (AvgIpc) is 3.04. The minimum atomic E-state index is -0.0506. The van der Waals surface area contributed by atoms with Crippen LogP contribution in [-0.2, 0) is 11.3 Å². The summed E-state index contributed by atoms with van der Waals surface area (Å²) in [5, 5.41) is 3.99. The molecule has 1 aliphatic rings. The van der Waals surface area contributed by atoms with Crippen molar-refractivity contribution in [3.8, 4) is 5.75 Å². The molecule has 0 aliphatic carbocycles. The van der Waals surface area contributed by atoms with Crippen LogP contribution in [0.25, 0.3) is 10.9 Å². The molecule has 1 aromatic carbocycles. The Morgan fingerprint density at radius 1 is 1.44 bits per heavy atom. The van der Waals surface area contributed by atoms with Crippen molar-refractivity contribution in [3.63, 3.8) is 0 Å². The molecule has 2 aromatic rings. The summed E-state index contributed by atoms with van der Waals surface area (Å²) < 4.78 is 13.8. The smallest absolute Gasteiger partial charge is 0.267 e. The first kappa shape index (κ1) is 19.5. The molecule has 0 spiro atoms. The van der Waals surface area contributed by atoms with Crippen molar-refractivity contribution < 1.29 is 14.3 Å². The number of nitrogens with zero attached hydrogens (tertiary/aromatic N) is 1. The standard InChI is InChI=1S/C22H30N2O3/c1-4-11-27-21-10-7-9-19-18(21)13-20(22(25)23-14-16(2)3)24(19)15-17-8-5-6-12-26-17/h4,7,9-10,13,16-17H,1,5-6,8,11-12,14-15H2,2-3H3,(H,23,25). The first-order valence-electron chi connectivity index (χ1n) is 9.86. The molecule has 1 saturated heterocycles. The lowest BCUT2D eigenvalue weighted by Gasteiger charge is -2.24. The van der Waals surface area contributed by atoms with Gasteiger partial charge in [0.1, 0.15) is 18.1 Å². The van der Waals surface area contributed by atoms with E-state index < -0.39 is 0 Å². The van der Waals surface area contributed by atoms with Gasteiger partial charge < -0.3 is 19.4 Å². The largest absolute Gasteiger partial charge is 0.489 e. The molecule has 146 valence electrons. The summed E-state index contributed by atoms with van der Waals surface area (Å²) in [5.74, 6) is 1.12. The lowest BCUT2D eigenvalue weighted by atomic mass is 10.1. The van der Waals surface area contributed by atoms with Gasteiger partial charge in [0.15, 0.2) is 0 Å². The molecule has 1 aliphatic heterocycles. The normalized spacial score (nSPS) is 17.2. The van der Waals surface area contributed by atoms with Crippen molar-refractivity contribution in [2.75, 3.05) is 19.8 Å². The number of hydrogen-bond acceptors (Lipinski definition) is 3. The summed E-state index contributed by atoms with van der Waals surface area (Å²) in [6.07, 6.45) is 5.18. The first-order valence-corrected chi connectivity index (χ1v) is 9.86. The van der Waals surface area contributed by atoms with Gasteiger partial charge in [-0.05, 0) is 43.4 Å². The lowest BCUT2D eigenvalue weighted by molar-refractivity contribution is 0.00637. The first-order chi connectivity index (χ1) is 13.1. The van der Waals surface area contributed by atoms with Crippen LogP contribution in [0.15, 0.2) is 36.9 Å². The fourth-order valence-electron chi connectivity index (χ4n) is 3.46. The van der Waals surface area contributed by atoms with Crippen molar-refractivity contribution in [1.29, 1.82) is 0 Å². The molecule has 5 nitrogen and oxygen atoms in total. The molecule has 1 aromatic heterocycles. The second-order valence-corrected chi connectivity index (χ2v) is 7.52. The molecule has 1 amide bonds. The SMILES string of the molecule is C=CCOc1cccc2c1cc(C(=O)NCC(C)C)n2CC1CCCCO1. The maximum absolute atomic E-state index is 12.9. The molecular formula is C22H30N2O3. The van der Waals surface area contributed by atoms with Crippen molar-refractivity contribution in [2.45, 2.75) is 45.8 Å². The molecule has 1 N–H and O–H groups in total. The monoisotopic (exact) mass is 370 g/mol. The van der Waals surface area contributed by atoms with Gasteiger partial charge in [0.2, 0.25) is 0 Å². The van der Waals surface area contributed by atoms with Gasteiger partial charge in [-0.15, -0.1) is 0 Å². The van der Waals surface area contributed by atoms with Crippen LogP contribution in [0.3, 0.4) is 0 Å². The van der Waals surface area contributed by atoms with Crippen LogP contribution in [0.4, 0.5) is 0 Å². The molecule has 0 radical (unpaired) electrons. The van der Waals surface area contributed by atoms with E-state index in [1.807, 2.05) is 24.3 Å². The van der Waals surface area contributed by atoms with Crippen LogP contribution < -0.4 is 10.1 Å². The molecule has 1 atom stereocenters. The highest BCUT2D eigenvalue weighted by atomic mass is 16.5. The van der Waals surface area contributed by atoms with Gasteiger partial charge in [0, 0.05) is 25.1 Å². The quantitative estimate of drug-likeness (QED) is 0.710. The van der Waals surface area contributed by atoms with Crippen LogP contribution >= 0.6 is 0 Å². The van der Waals surface area contributed by atoms with Crippen LogP contribution in [0, 0.1) is 5.92 Å². The predicted molar refractivity (Wildman–Crippen MR) is 108 cm³/mol. The summed E-state index contributed by atoms with van der Waals surface area (Å²) >= 11 is 0. The van der Waals surface area contributed by atoms with E-state index in [1.54, 1.807) is 6.08 Å². The van der Waals surface area contributed by atoms with E-state index in [0.29, 0.717) is 31.3 Å². The second kappa shape index (κ2) is 9.09. The summed E-state index contributed by atoms with van der Waals surface area (Å²) in [7, 11) is 0. The van der Waals surface area contributed by atoms with Crippen molar-refractivity contribution in [3.05, 3.63) is 42.6 Å². The number of nitrogens with one attached hydrogen (secondary N) is 1. The third kappa shape index (κ3) is 4.72. The summed E-state index contributed by atoms with van der Waals surface area (Å²) in [6.45, 7) is 10.5. The Bertz CT molecular complexity index is 788. The highest BCUT2D eigenvalue weighted by Gasteiger charge is 2.22. The Morgan fingerprint density at radius 3 is 3.00 bits per heavy atom. The Kier molecular flexibility index (Phi) is 6.56. The van der Waals surface area contributed by atoms with E-state index in [-0.39, 0.29) is 12.0 Å². The number of carbonyl (C=O) groups excluding carboxylic acids is 1. The van der Waals surface area contributed by atoms with E-state index in [1.165, 1.54) is 6.42 Å². The van der Waals surface area contributed by atoms with Crippen LogP contribution in [0.5, 0.6) is 5.75 Å². The summed E-state index contributed by atoms with van der Waals surface area (Å²) in [5.41, 5.74) is 1.66. The Hall–Kier alpha value is -2.27. The molecule has 1 unspecified atom stereocenters. The number of aromatic nitrogens is 1. The number of rotatable bonds is 8. The van der Waals surface area contributed by atoms with Gasteiger partial charge in [0.25, 0.3) is 5.91 Å². The van der Waals surface area contributed by atoms with E-state index in [4.69, 9.17) is 9.47 Å². The summed E-state index contributed by atoms with van der Waals surface area (Å²) in [6, 6.07) is 7.88. The van der Waals surface area contributed by atoms with Gasteiger partial charge in [-0.2, -0.15) is 0 Å². The van der Waals surface area contributed by atoms with Crippen molar-refractivity contribution >= 4 is 16.8 Å². The average molecular weight is 370 g/mol. The maximum atomic E-state index is 12.9.